The van der Waals surface area contributed by atoms with Gasteiger partial charge in [0.15, 0.2) is 0 Å². The molecule has 1 aromatic rings. The van der Waals surface area contributed by atoms with Crippen molar-refractivity contribution in [1.29, 1.82) is 0 Å². The molecule has 2 aliphatic heterocycles. The molecular weight excluding hydrogens is 384 g/mol. The summed E-state index contributed by atoms with van der Waals surface area (Å²) < 4.78 is 11.9. The molecule has 0 radical (unpaired) electrons. The molecule has 5 heteroatoms. The first-order valence-corrected chi connectivity index (χ1v) is 10.5. The highest BCUT2D eigenvalue weighted by molar-refractivity contribution is 9.09. The van der Waals surface area contributed by atoms with Crippen molar-refractivity contribution < 1.29 is 19.4 Å². The molecule has 0 aromatic heterocycles. The van der Waals surface area contributed by atoms with Gasteiger partial charge in [0.2, 0.25) is 0 Å². The third-order valence-corrected chi connectivity index (χ3v) is 5.74. The van der Waals surface area contributed by atoms with E-state index in [1.807, 2.05) is 6.07 Å². The van der Waals surface area contributed by atoms with E-state index in [0.29, 0.717) is 5.56 Å². The van der Waals surface area contributed by atoms with Crippen LogP contribution in [0.5, 0.6) is 0 Å². The van der Waals surface area contributed by atoms with Gasteiger partial charge < -0.3 is 14.6 Å². The van der Waals surface area contributed by atoms with Crippen LogP contribution in [0.2, 0.25) is 0 Å². The van der Waals surface area contributed by atoms with E-state index in [2.05, 4.69) is 22.0 Å². The van der Waals surface area contributed by atoms with Crippen LogP contribution < -0.4 is 0 Å². The Labute approximate surface area is 158 Å². The number of hydrogen-bond acceptors (Lipinski definition) is 3. The van der Waals surface area contributed by atoms with Crippen molar-refractivity contribution in [3.63, 3.8) is 0 Å². The number of carboxylic acid groups (broad SMARTS) is 1. The topological polar surface area (TPSA) is 55.8 Å². The van der Waals surface area contributed by atoms with Crippen molar-refractivity contribution in [2.45, 2.75) is 63.6 Å². The molecule has 0 aliphatic carbocycles. The quantitative estimate of drug-likeness (QED) is 0.654. The van der Waals surface area contributed by atoms with Crippen molar-refractivity contribution in [3.8, 4) is 0 Å². The van der Waals surface area contributed by atoms with E-state index < -0.39 is 5.97 Å². The number of halogens is 1. The van der Waals surface area contributed by atoms with Crippen molar-refractivity contribution >= 4 is 21.9 Å². The Morgan fingerprint density at radius 1 is 1.08 bits per heavy atom. The van der Waals surface area contributed by atoms with E-state index in [-0.39, 0.29) is 12.2 Å². The van der Waals surface area contributed by atoms with Gasteiger partial charge in [0.25, 0.3) is 0 Å². The molecule has 0 amide bonds. The molecule has 1 aromatic carbocycles. The van der Waals surface area contributed by atoms with Crippen LogP contribution in [0.1, 0.15) is 84.2 Å². The zero-order valence-corrected chi connectivity index (χ0v) is 16.2. The molecule has 0 saturated carbocycles. The van der Waals surface area contributed by atoms with Crippen molar-refractivity contribution in [1.82, 2.24) is 0 Å². The molecule has 2 heterocycles. The number of carbonyl (C=O) groups is 1. The maximum Gasteiger partial charge on any atom is 0.335 e. The molecule has 0 spiro atoms. The minimum Gasteiger partial charge on any atom is -0.478 e. The number of ether oxygens (including phenoxy) is 2. The highest BCUT2D eigenvalue weighted by Crippen LogP contribution is 2.37. The van der Waals surface area contributed by atoms with Crippen LogP contribution in [0, 0.1) is 0 Å². The maximum atomic E-state index is 12.0. The molecule has 2 fully saturated rings. The summed E-state index contributed by atoms with van der Waals surface area (Å²) in [4.78, 5) is 12.0. The fourth-order valence-corrected chi connectivity index (χ4v) is 4.17. The normalized spacial score (nSPS) is 24.2. The Hall–Kier alpha value is -0.910. The van der Waals surface area contributed by atoms with Gasteiger partial charge in [0.05, 0.1) is 17.8 Å². The summed E-state index contributed by atoms with van der Waals surface area (Å²) >= 11 is 3.47. The molecule has 2 unspecified atom stereocenters. The molecule has 25 heavy (non-hydrogen) atoms. The van der Waals surface area contributed by atoms with Crippen LogP contribution in [0.4, 0.5) is 0 Å². The van der Waals surface area contributed by atoms with Gasteiger partial charge in [-0.15, -0.1) is 0 Å². The zero-order chi connectivity index (χ0) is 17.6. The third-order valence-electron chi connectivity index (χ3n) is 5.18. The van der Waals surface area contributed by atoms with Crippen LogP contribution in [-0.2, 0) is 15.9 Å². The lowest BCUT2D eigenvalue weighted by molar-refractivity contribution is 0.0103. The molecule has 0 bridgehead atoms. The summed E-state index contributed by atoms with van der Waals surface area (Å²) in [7, 11) is 0. The molecule has 138 valence electrons. The summed E-state index contributed by atoms with van der Waals surface area (Å²) in [5.74, 6) is -0.848. The SMILES string of the molecule is O=C(O)c1cc(C2CCCCO2)cc(C2CCCCO2)c1CCCBr. The van der Waals surface area contributed by atoms with Gasteiger partial charge in [0.1, 0.15) is 0 Å². The van der Waals surface area contributed by atoms with Crippen LogP contribution in [0.15, 0.2) is 12.1 Å². The molecule has 2 atom stereocenters. The fourth-order valence-electron chi connectivity index (χ4n) is 3.89. The molecule has 3 rings (SSSR count). The van der Waals surface area contributed by atoms with Crippen molar-refractivity contribution in [2.75, 3.05) is 18.5 Å². The van der Waals surface area contributed by atoms with Gasteiger partial charge in [0, 0.05) is 18.5 Å². The second kappa shape index (κ2) is 9.15. The number of hydrogen-bond donors (Lipinski definition) is 1. The van der Waals surface area contributed by atoms with E-state index in [1.54, 1.807) is 0 Å². The lowest BCUT2D eigenvalue weighted by atomic mass is 9.87. The molecule has 1 N–H and O–H groups in total. The predicted molar refractivity (Wildman–Crippen MR) is 101 cm³/mol. The summed E-state index contributed by atoms with van der Waals surface area (Å²) in [6.07, 6.45) is 8.07. The second-order valence-corrected chi connectivity index (χ2v) is 7.74. The molecule has 4 nitrogen and oxygen atoms in total. The third kappa shape index (κ3) is 4.63. The summed E-state index contributed by atoms with van der Waals surface area (Å²) in [5, 5.41) is 10.7. The number of rotatable bonds is 6. The van der Waals surface area contributed by atoms with Gasteiger partial charge >= 0.3 is 5.97 Å². The lowest BCUT2D eigenvalue weighted by Crippen LogP contribution is -2.18. The van der Waals surface area contributed by atoms with E-state index in [4.69, 9.17) is 9.47 Å². The van der Waals surface area contributed by atoms with Gasteiger partial charge in [-0.25, -0.2) is 4.79 Å². The zero-order valence-electron chi connectivity index (χ0n) is 14.6. The first-order valence-electron chi connectivity index (χ1n) is 9.40. The minimum atomic E-state index is -0.848. The van der Waals surface area contributed by atoms with E-state index >= 15 is 0 Å². The van der Waals surface area contributed by atoms with E-state index in [0.717, 1.165) is 86.6 Å². The molecular formula is C20H27BrO4. The van der Waals surface area contributed by atoms with Crippen LogP contribution in [0.3, 0.4) is 0 Å². The van der Waals surface area contributed by atoms with Gasteiger partial charge in [-0.2, -0.15) is 0 Å². The van der Waals surface area contributed by atoms with E-state index in [9.17, 15) is 9.90 Å². The van der Waals surface area contributed by atoms with Crippen molar-refractivity contribution in [3.05, 3.63) is 34.4 Å². The summed E-state index contributed by atoms with van der Waals surface area (Å²) in [5.41, 5.74) is 3.45. The number of alkyl halides is 1. The van der Waals surface area contributed by atoms with Gasteiger partial charge in [-0.1, -0.05) is 22.0 Å². The lowest BCUT2D eigenvalue weighted by Gasteiger charge is -2.29. The highest BCUT2D eigenvalue weighted by Gasteiger charge is 2.26. The molecule has 2 aliphatic rings. The highest BCUT2D eigenvalue weighted by atomic mass is 79.9. The molecule has 2 saturated heterocycles. The van der Waals surface area contributed by atoms with Crippen LogP contribution in [-0.4, -0.2) is 29.6 Å². The predicted octanol–water partition coefficient (Wildman–Crippen LogP) is 5.20. The van der Waals surface area contributed by atoms with E-state index in [1.165, 1.54) is 0 Å². The minimum absolute atomic E-state index is 0.0133. The Balaban J connectivity index is 2.02. The van der Waals surface area contributed by atoms with Gasteiger partial charge in [-0.05, 0) is 74.1 Å². The first-order chi connectivity index (χ1) is 12.2. The average molecular weight is 411 g/mol. The fraction of sp³-hybridized carbons (Fsp3) is 0.650. The number of carboxylic acids is 1. The average Bonchev–Trinajstić information content (AvgIpc) is 2.67. The Kier molecular flexibility index (Phi) is 6.91. The maximum absolute atomic E-state index is 12.0. The standard InChI is InChI=1S/C20H27BrO4/c21-9-5-6-15-16(19-8-2-4-11-25-19)12-14(13-17(15)20(22)23)18-7-1-3-10-24-18/h12-13,18-19H,1-11H2,(H,22,23). The van der Waals surface area contributed by atoms with Crippen LogP contribution in [0.25, 0.3) is 0 Å². The number of benzene rings is 1. The monoisotopic (exact) mass is 410 g/mol. The second-order valence-electron chi connectivity index (χ2n) is 6.94. The Morgan fingerprint density at radius 3 is 2.32 bits per heavy atom. The smallest absolute Gasteiger partial charge is 0.335 e. The largest absolute Gasteiger partial charge is 0.478 e. The van der Waals surface area contributed by atoms with Crippen LogP contribution >= 0.6 is 15.9 Å². The first kappa shape index (κ1) is 18.9. The summed E-state index contributed by atoms with van der Waals surface area (Å²) in [6, 6.07) is 4.01. The van der Waals surface area contributed by atoms with Crippen molar-refractivity contribution in [2.24, 2.45) is 0 Å². The van der Waals surface area contributed by atoms with Gasteiger partial charge in [-0.3, -0.25) is 0 Å². The Morgan fingerprint density at radius 2 is 1.76 bits per heavy atom. The number of aromatic carboxylic acids is 1. The summed E-state index contributed by atoms with van der Waals surface area (Å²) in [6.45, 7) is 1.52. The Bertz CT molecular complexity index is 590.